The highest BCUT2D eigenvalue weighted by Gasteiger charge is 2.16. The largest absolute Gasteiger partial charge is 0.428 e. The van der Waals surface area contributed by atoms with Gasteiger partial charge in [0.1, 0.15) is 6.04 Å². The van der Waals surface area contributed by atoms with Crippen LogP contribution in [-0.2, 0) is 25.5 Å². The molecular weight excluding hydrogens is 260 g/mol. The summed E-state index contributed by atoms with van der Waals surface area (Å²) < 4.78 is 9.51. The van der Waals surface area contributed by atoms with Gasteiger partial charge in [-0.15, -0.1) is 0 Å². The minimum Gasteiger partial charge on any atom is -0.428 e. The molecule has 0 bridgehead atoms. The molecule has 1 unspecified atom stereocenters. The van der Waals surface area contributed by atoms with Crippen LogP contribution in [0.5, 0.6) is 0 Å². The molecule has 0 amide bonds. The Morgan fingerprint density at radius 1 is 1.15 bits per heavy atom. The van der Waals surface area contributed by atoms with Crippen LogP contribution in [0, 0.1) is 0 Å². The van der Waals surface area contributed by atoms with Gasteiger partial charge >= 0.3 is 11.9 Å². The number of nitrogens with two attached hydrogens (primary N) is 2. The van der Waals surface area contributed by atoms with Crippen molar-refractivity contribution in [2.24, 2.45) is 11.5 Å². The van der Waals surface area contributed by atoms with Crippen LogP contribution >= 0.6 is 0 Å². The fourth-order valence-corrected chi connectivity index (χ4v) is 1.53. The normalized spacial score (nSPS) is 11.7. The van der Waals surface area contributed by atoms with Crippen LogP contribution in [0.2, 0.25) is 0 Å². The smallest absolute Gasteiger partial charge is 0.326 e. The van der Waals surface area contributed by atoms with Crippen LogP contribution in [0.15, 0.2) is 30.3 Å². The van der Waals surface area contributed by atoms with E-state index in [4.69, 9.17) is 20.9 Å². The number of hydrogen-bond acceptors (Lipinski definition) is 6. The Balaban J connectivity index is 2.23. The van der Waals surface area contributed by atoms with Gasteiger partial charge in [0.05, 0.1) is 0 Å². The van der Waals surface area contributed by atoms with E-state index in [1.54, 1.807) is 0 Å². The molecule has 20 heavy (non-hydrogen) atoms. The van der Waals surface area contributed by atoms with E-state index >= 15 is 0 Å². The lowest BCUT2D eigenvalue weighted by atomic mass is 10.1. The van der Waals surface area contributed by atoms with Crippen LogP contribution in [-0.4, -0.2) is 31.3 Å². The summed E-state index contributed by atoms with van der Waals surface area (Å²) in [5.41, 5.74) is 11.9. The van der Waals surface area contributed by atoms with E-state index in [0.29, 0.717) is 19.4 Å². The number of carbonyl (C=O) groups is 2. The zero-order valence-electron chi connectivity index (χ0n) is 11.3. The molecule has 0 aromatic heterocycles. The number of ether oxygens (including phenoxy) is 2. The topological polar surface area (TPSA) is 105 Å². The lowest BCUT2D eigenvalue weighted by Crippen LogP contribution is -2.35. The van der Waals surface area contributed by atoms with Gasteiger partial charge in [-0.1, -0.05) is 30.3 Å². The van der Waals surface area contributed by atoms with E-state index in [2.05, 4.69) is 0 Å². The molecule has 1 rings (SSSR count). The quantitative estimate of drug-likeness (QED) is 0.525. The molecule has 0 aliphatic carbocycles. The maximum Gasteiger partial charge on any atom is 0.326 e. The molecule has 1 aromatic rings. The van der Waals surface area contributed by atoms with Crippen molar-refractivity contribution in [2.45, 2.75) is 25.3 Å². The van der Waals surface area contributed by atoms with Crippen molar-refractivity contribution < 1.29 is 19.1 Å². The molecule has 6 nitrogen and oxygen atoms in total. The lowest BCUT2D eigenvalue weighted by molar-refractivity contribution is -0.168. The van der Waals surface area contributed by atoms with Gasteiger partial charge < -0.3 is 20.9 Å². The lowest BCUT2D eigenvalue weighted by Gasteiger charge is -2.11. The van der Waals surface area contributed by atoms with Crippen LogP contribution < -0.4 is 11.5 Å². The first-order valence-electron chi connectivity index (χ1n) is 6.45. The molecule has 0 radical (unpaired) electrons. The highest BCUT2D eigenvalue weighted by Crippen LogP contribution is 2.03. The maximum absolute atomic E-state index is 11.6. The van der Waals surface area contributed by atoms with Crippen LogP contribution in [0.4, 0.5) is 0 Å². The third-order valence-electron chi connectivity index (χ3n) is 2.61. The van der Waals surface area contributed by atoms with Crippen molar-refractivity contribution >= 4 is 11.9 Å². The standard InChI is InChI=1S/C14H20N2O4/c15-8-4-7-13(17)19-10-20-14(18)12(16)9-11-5-2-1-3-6-11/h1-3,5-6,12H,4,7-10,15-16H2. The zero-order chi connectivity index (χ0) is 14.8. The number of esters is 2. The highest BCUT2D eigenvalue weighted by molar-refractivity contribution is 5.76. The second kappa shape index (κ2) is 9.06. The molecule has 1 aromatic carbocycles. The molecule has 0 saturated carbocycles. The second-order valence-corrected chi connectivity index (χ2v) is 4.29. The third kappa shape index (κ3) is 6.31. The van der Waals surface area contributed by atoms with Gasteiger partial charge in [-0.2, -0.15) is 0 Å². The summed E-state index contributed by atoms with van der Waals surface area (Å²) >= 11 is 0. The van der Waals surface area contributed by atoms with Gasteiger partial charge in [-0.25, -0.2) is 0 Å². The number of hydrogen-bond donors (Lipinski definition) is 2. The summed E-state index contributed by atoms with van der Waals surface area (Å²) in [4.78, 5) is 22.7. The first kappa shape index (κ1) is 16.1. The fraction of sp³-hybridized carbons (Fsp3) is 0.429. The Hall–Kier alpha value is -1.92. The summed E-state index contributed by atoms with van der Waals surface area (Å²) in [5, 5.41) is 0. The van der Waals surface area contributed by atoms with Gasteiger partial charge in [0, 0.05) is 6.42 Å². The first-order chi connectivity index (χ1) is 9.63. The van der Waals surface area contributed by atoms with E-state index in [-0.39, 0.29) is 6.42 Å². The molecule has 110 valence electrons. The number of carbonyl (C=O) groups excluding carboxylic acids is 2. The van der Waals surface area contributed by atoms with E-state index < -0.39 is 24.8 Å². The van der Waals surface area contributed by atoms with E-state index in [1.165, 1.54) is 0 Å². The van der Waals surface area contributed by atoms with Crippen molar-refractivity contribution in [3.8, 4) is 0 Å². The molecule has 4 N–H and O–H groups in total. The summed E-state index contributed by atoms with van der Waals surface area (Å²) in [6.07, 6.45) is 1.13. The fourth-order valence-electron chi connectivity index (χ4n) is 1.53. The zero-order valence-corrected chi connectivity index (χ0v) is 11.3. The molecule has 0 spiro atoms. The molecule has 0 heterocycles. The minimum atomic E-state index is -0.778. The van der Waals surface area contributed by atoms with Crippen LogP contribution in [0.1, 0.15) is 18.4 Å². The van der Waals surface area contributed by atoms with Gasteiger partial charge in [-0.3, -0.25) is 9.59 Å². The SMILES string of the molecule is NCCCC(=O)OCOC(=O)C(N)Cc1ccccc1. The van der Waals surface area contributed by atoms with E-state index in [9.17, 15) is 9.59 Å². The Morgan fingerprint density at radius 3 is 2.50 bits per heavy atom. The first-order valence-corrected chi connectivity index (χ1v) is 6.45. The predicted molar refractivity (Wildman–Crippen MR) is 73.5 cm³/mol. The average molecular weight is 280 g/mol. The maximum atomic E-state index is 11.6. The average Bonchev–Trinajstić information content (AvgIpc) is 2.46. The van der Waals surface area contributed by atoms with Crippen molar-refractivity contribution in [3.63, 3.8) is 0 Å². The summed E-state index contributed by atoms with van der Waals surface area (Å²) in [6, 6.07) is 8.59. The second-order valence-electron chi connectivity index (χ2n) is 4.29. The van der Waals surface area contributed by atoms with Gasteiger partial charge in [0.15, 0.2) is 0 Å². The molecule has 0 saturated heterocycles. The van der Waals surface area contributed by atoms with Crippen LogP contribution in [0.3, 0.4) is 0 Å². The predicted octanol–water partition coefficient (Wildman–Crippen LogP) is 0.339. The van der Waals surface area contributed by atoms with Crippen molar-refractivity contribution in [3.05, 3.63) is 35.9 Å². The Bertz CT molecular complexity index is 422. The van der Waals surface area contributed by atoms with Gasteiger partial charge in [0.25, 0.3) is 0 Å². The Kier molecular flexibility index (Phi) is 7.31. The molecular formula is C14H20N2O4. The van der Waals surface area contributed by atoms with Crippen molar-refractivity contribution in [1.82, 2.24) is 0 Å². The number of benzene rings is 1. The number of rotatable bonds is 8. The monoisotopic (exact) mass is 280 g/mol. The van der Waals surface area contributed by atoms with E-state index in [0.717, 1.165) is 5.56 Å². The van der Waals surface area contributed by atoms with Gasteiger partial charge in [-0.05, 0) is 24.9 Å². The van der Waals surface area contributed by atoms with Gasteiger partial charge in [0.2, 0.25) is 6.79 Å². The Morgan fingerprint density at radius 2 is 1.85 bits per heavy atom. The molecule has 1 atom stereocenters. The highest BCUT2D eigenvalue weighted by atomic mass is 16.7. The van der Waals surface area contributed by atoms with Crippen molar-refractivity contribution in [1.29, 1.82) is 0 Å². The molecule has 0 aliphatic rings. The van der Waals surface area contributed by atoms with Crippen LogP contribution in [0.25, 0.3) is 0 Å². The minimum absolute atomic E-state index is 0.212. The van der Waals surface area contributed by atoms with E-state index in [1.807, 2.05) is 30.3 Å². The van der Waals surface area contributed by atoms with Crippen molar-refractivity contribution in [2.75, 3.05) is 13.3 Å². The molecule has 0 fully saturated rings. The summed E-state index contributed by atoms with van der Waals surface area (Å²) in [5.74, 6) is -1.04. The third-order valence-corrected chi connectivity index (χ3v) is 2.61. The summed E-state index contributed by atoms with van der Waals surface area (Å²) in [6.45, 7) is 0.00155. The molecule has 6 heteroatoms. The molecule has 0 aliphatic heterocycles. The summed E-state index contributed by atoms with van der Waals surface area (Å²) in [7, 11) is 0. The Labute approximate surface area is 118 Å².